The summed E-state index contributed by atoms with van der Waals surface area (Å²) in [5.74, 6) is 0.261. The maximum absolute atomic E-state index is 12.0. The Labute approximate surface area is 136 Å². The summed E-state index contributed by atoms with van der Waals surface area (Å²) in [6.07, 6.45) is 2.79. The van der Waals surface area contributed by atoms with Gasteiger partial charge in [0.15, 0.2) is 5.75 Å². The predicted octanol–water partition coefficient (Wildman–Crippen LogP) is -0.0281. The van der Waals surface area contributed by atoms with Crippen molar-refractivity contribution in [2.45, 2.75) is 6.10 Å². The van der Waals surface area contributed by atoms with Crippen molar-refractivity contribution in [3.05, 3.63) is 23.7 Å². The van der Waals surface area contributed by atoms with Gasteiger partial charge in [-0.3, -0.25) is 4.79 Å². The van der Waals surface area contributed by atoms with Gasteiger partial charge in [0.05, 0.1) is 32.2 Å². The fraction of sp³-hybridized carbons (Fsp3) is 0.462. The Kier molecular flexibility index (Phi) is 4.93. The molecule has 0 aromatic carbocycles. The Morgan fingerprint density at radius 3 is 3.04 bits per heavy atom. The Hall–Kier alpha value is -2.33. The van der Waals surface area contributed by atoms with Crippen LogP contribution in [0.1, 0.15) is 10.6 Å². The Balaban J connectivity index is 1.52. The van der Waals surface area contributed by atoms with Crippen LogP contribution in [0.4, 0.5) is 5.13 Å². The molecular weight excluding hydrogens is 320 g/mol. The first-order chi connectivity index (χ1) is 11.3. The van der Waals surface area contributed by atoms with Gasteiger partial charge in [-0.2, -0.15) is 0 Å². The standard InChI is InChI=1S/C13H16N6O3S/c1-21-9-4-14-11(15-5-9)12(20)16-6-10-7-19(2-3-22-10)13-18-17-8-23-13/h4-5,8,10H,2-3,6-7H2,1H3,(H,16,20). The molecule has 0 spiro atoms. The molecule has 1 unspecified atom stereocenters. The van der Waals surface area contributed by atoms with Gasteiger partial charge in [-0.05, 0) is 0 Å². The third-order valence-corrected chi connectivity index (χ3v) is 4.07. The number of nitrogens with one attached hydrogen (secondary N) is 1. The molecule has 2 aromatic rings. The van der Waals surface area contributed by atoms with Crippen LogP contribution in [0.25, 0.3) is 0 Å². The number of carbonyl (C=O) groups excluding carboxylic acids is 1. The highest BCUT2D eigenvalue weighted by Gasteiger charge is 2.23. The summed E-state index contributed by atoms with van der Waals surface area (Å²) in [5.41, 5.74) is 1.70. The molecule has 9 nitrogen and oxygen atoms in total. The van der Waals surface area contributed by atoms with E-state index in [9.17, 15) is 4.79 Å². The number of rotatable bonds is 5. The Morgan fingerprint density at radius 1 is 1.52 bits per heavy atom. The Morgan fingerprint density at radius 2 is 2.35 bits per heavy atom. The SMILES string of the molecule is COc1cnc(C(=O)NCC2CN(c3nncs3)CCO2)nc1. The molecule has 3 rings (SSSR count). The van der Waals surface area contributed by atoms with Crippen LogP contribution in [-0.2, 0) is 4.74 Å². The molecule has 23 heavy (non-hydrogen) atoms. The smallest absolute Gasteiger partial charge is 0.289 e. The van der Waals surface area contributed by atoms with E-state index in [2.05, 4.69) is 30.4 Å². The summed E-state index contributed by atoms with van der Waals surface area (Å²) in [6.45, 7) is 2.38. The number of hydrogen-bond donors (Lipinski definition) is 1. The number of anilines is 1. The summed E-state index contributed by atoms with van der Waals surface area (Å²) in [4.78, 5) is 22.0. The van der Waals surface area contributed by atoms with Crippen LogP contribution in [0.15, 0.2) is 17.9 Å². The number of morpholine rings is 1. The van der Waals surface area contributed by atoms with Gasteiger partial charge < -0.3 is 19.7 Å². The molecule has 1 aliphatic heterocycles. The van der Waals surface area contributed by atoms with E-state index in [1.54, 1.807) is 5.51 Å². The average Bonchev–Trinajstić information content (AvgIpc) is 3.15. The molecule has 1 N–H and O–H groups in total. The fourth-order valence-electron chi connectivity index (χ4n) is 2.15. The number of carbonyl (C=O) groups is 1. The highest BCUT2D eigenvalue weighted by molar-refractivity contribution is 7.13. The molecule has 122 valence electrons. The van der Waals surface area contributed by atoms with Crippen LogP contribution < -0.4 is 15.0 Å². The van der Waals surface area contributed by atoms with Crippen molar-refractivity contribution in [1.82, 2.24) is 25.5 Å². The molecule has 3 heterocycles. The van der Waals surface area contributed by atoms with E-state index >= 15 is 0 Å². The number of methoxy groups -OCH3 is 1. The lowest BCUT2D eigenvalue weighted by atomic mass is 10.3. The van der Waals surface area contributed by atoms with Gasteiger partial charge in [0.2, 0.25) is 11.0 Å². The van der Waals surface area contributed by atoms with Crippen molar-refractivity contribution in [1.29, 1.82) is 0 Å². The minimum atomic E-state index is -0.343. The summed E-state index contributed by atoms with van der Waals surface area (Å²) >= 11 is 1.49. The largest absolute Gasteiger partial charge is 0.494 e. The van der Waals surface area contributed by atoms with Crippen molar-refractivity contribution in [2.24, 2.45) is 0 Å². The molecule has 10 heteroatoms. The number of aromatic nitrogens is 4. The zero-order valence-corrected chi connectivity index (χ0v) is 13.3. The molecule has 0 radical (unpaired) electrons. The maximum Gasteiger partial charge on any atom is 0.289 e. The second kappa shape index (κ2) is 7.29. The third kappa shape index (κ3) is 3.90. The number of ether oxygens (including phenoxy) is 2. The van der Waals surface area contributed by atoms with Crippen molar-refractivity contribution >= 4 is 22.4 Å². The summed E-state index contributed by atoms with van der Waals surface area (Å²) in [5, 5.41) is 11.5. The predicted molar refractivity (Wildman–Crippen MR) is 82.8 cm³/mol. The van der Waals surface area contributed by atoms with Crippen molar-refractivity contribution in [3.8, 4) is 5.75 Å². The minimum absolute atomic E-state index is 0.0996. The first-order valence-electron chi connectivity index (χ1n) is 7.03. The zero-order valence-electron chi connectivity index (χ0n) is 12.5. The van der Waals surface area contributed by atoms with Crippen LogP contribution in [-0.4, -0.2) is 65.5 Å². The van der Waals surface area contributed by atoms with Crippen LogP contribution in [0.5, 0.6) is 5.75 Å². The van der Waals surface area contributed by atoms with E-state index in [1.807, 2.05) is 0 Å². The van der Waals surface area contributed by atoms with E-state index in [4.69, 9.17) is 9.47 Å². The van der Waals surface area contributed by atoms with Crippen LogP contribution in [0, 0.1) is 0 Å². The molecule has 2 aromatic heterocycles. The molecule has 1 atom stereocenters. The molecule has 0 saturated carbocycles. The quantitative estimate of drug-likeness (QED) is 0.812. The van der Waals surface area contributed by atoms with Crippen LogP contribution in [0.3, 0.4) is 0 Å². The molecule has 0 bridgehead atoms. The minimum Gasteiger partial charge on any atom is -0.494 e. The summed E-state index contributed by atoms with van der Waals surface area (Å²) in [6, 6.07) is 0. The number of hydrogen-bond acceptors (Lipinski definition) is 9. The molecule has 1 aliphatic rings. The zero-order chi connectivity index (χ0) is 16.1. The lowest BCUT2D eigenvalue weighted by Gasteiger charge is -2.32. The normalized spacial score (nSPS) is 17.8. The molecule has 1 saturated heterocycles. The van der Waals surface area contributed by atoms with Gasteiger partial charge in [0.1, 0.15) is 5.51 Å². The maximum atomic E-state index is 12.0. The van der Waals surface area contributed by atoms with Gasteiger partial charge in [-0.15, -0.1) is 10.2 Å². The van der Waals surface area contributed by atoms with E-state index < -0.39 is 0 Å². The lowest BCUT2D eigenvalue weighted by Crippen LogP contribution is -2.47. The second-order valence-electron chi connectivity index (χ2n) is 4.82. The van der Waals surface area contributed by atoms with Crippen LogP contribution >= 0.6 is 11.3 Å². The van der Waals surface area contributed by atoms with Gasteiger partial charge in [-0.1, -0.05) is 11.3 Å². The van der Waals surface area contributed by atoms with Gasteiger partial charge in [0.25, 0.3) is 5.91 Å². The van der Waals surface area contributed by atoms with Crippen molar-refractivity contribution in [3.63, 3.8) is 0 Å². The monoisotopic (exact) mass is 336 g/mol. The van der Waals surface area contributed by atoms with E-state index in [1.165, 1.54) is 30.8 Å². The fourth-order valence-corrected chi connectivity index (χ4v) is 2.74. The Bertz CT molecular complexity index is 636. The topological polar surface area (TPSA) is 102 Å². The average molecular weight is 336 g/mol. The van der Waals surface area contributed by atoms with Gasteiger partial charge in [-0.25, -0.2) is 9.97 Å². The summed E-state index contributed by atoms with van der Waals surface area (Å²) < 4.78 is 10.6. The van der Waals surface area contributed by atoms with Gasteiger partial charge >= 0.3 is 0 Å². The lowest BCUT2D eigenvalue weighted by molar-refractivity contribution is 0.0395. The first kappa shape index (κ1) is 15.6. The van der Waals surface area contributed by atoms with Crippen molar-refractivity contribution in [2.75, 3.05) is 38.3 Å². The summed E-state index contributed by atoms with van der Waals surface area (Å²) in [7, 11) is 1.52. The number of amides is 1. The molecule has 1 amide bonds. The second-order valence-corrected chi connectivity index (χ2v) is 5.63. The molecule has 1 fully saturated rings. The van der Waals surface area contributed by atoms with Crippen LogP contribution in [0.2, 0.25) is 0 Å². The third-order valence-electron chi connectivity index (χ3n) is 3.32. The van der Waals surface area contributed by atoms with E-state index in [-0.39, 0.29) is 17.8 Å². The highest BCUT2D eigenvalue weighted by atomic mass is 32.1. The van der Waals surface area contributed by atoms with Gasteiger partial charge in [0, 0.05) is 19.6 Å². The van der Waals surface area contributed by atoms with E-state index in [0.29, 0.717) is 25.4 Å². The first-order valence-corrected chi connectivity index (χ1v) is 7.91. The molecular formula is C13H16N6O3S. The van der Waals surface area contributed by atoms with E-state index in [0.717, 1.165) is 11.7 Å². The molecule has 0 aliphatic carbocycles. The number of nitrogens with zero attached hydrogens (tertiary/aromatic N) is 5. The highest BCUT2D eigenvalue weighted by Crippen LogP contribution is 2.18. The van der Waals surface area contributed by atoms with Crippen molar-refractivity contribution < 1.29 is 14.3 Å².